The summed E-state index contributed by atoms with van der Waals surface area (Å²) in [6.07, 6.45) is 6.48. The smallest absolute Gasteiger partial charge is 0.145 e. The highest BCUT2D eigenvalue weighted by Gasteiger charge is 2.50. The molecule has 0 aromatic rings. The van der Waals surface area contributed by atoms with E-state index < -0.39 is 6.69 Å². The van der Waals surface area contributed by atoms with E-state index in [1.54, 1.807) is 0 Å². The fourth-order valence-corrected chi connectivity index (χ4v) is 5.91. The van der Waals surface area contributed by atoms with Gasteiger partial charge in [0.15, 0.2) is 0 Å². The van der Waals surface area contributed by atoms with E-state index in [1.165, 1.54) is 32.1 Å². The summed E-state index contributed by atoms with van der Waals surface area (Å²) in [5.41, 5.74) is 0.471. The lowest BCUT2D eigenvalue weighted by Crippen LogP contribution is -2.40. The molecule has 13 heavy (non-hydrogen) atoms. The van der Waals surface area contributed by atoms with Crippen LogP contribution in [0.3, 0.4) is 0 Å². The maximum Gasteiger partial charge on any atom is 0.259 e. The Hall–Kier alpha value is 0.797. The first-order chi connectivity index (χ1) is 5.90. The Kier molecular flexibility index (Phi) is 3.76. The summed E-state index contributed by atoms with van der Waals surface area (Å²) >= 11 is 13.2. The third kappa shape index (κ3) is 2.24. The quantitative estimate of drug-likeness (QED) is 0.467. The summed E-state index contributed by atoms with van der Waals surface area (Å²) in [6.45, 7) is 4.59. The number of halogens is 2. The van der Waals surface area contributed by atoms with Crippen LogP contribution in [0.4, 0.5) is 0 Å². The highest BCUT2D eigenvalue weighted by Crippen LogP contribution is 2.57. The molecule has 0 saturated heterocycles. The van der Waals surface area contributed by atoms with Crippen LogP contribution in [-0.2, 0) is 0 Å². The molecule has 0 amide bonds. The molecule has 0 bridgehead atoms. The summed E-state index contributed by atoms with van der Waals surface area (Å²) < 4.78 is 0. The van der Waals surface area contributed by atoms with Crippen LogP contribution in [0.1, 0.15) is 52.9 Å². The van der Waals surface area contributed by atoms with Gasteiger partial charge in [0.1, 0.15) is 0 Å². The molecular weight excluding hydrogens is 219 g/mol. The van der Waals surface area contributed by atoms with E-state index >= 15 is 0 Å². The highest BCUT2D eigenvalue weighted by molar-refractivity contribution is 7.47. The van der Waals surface area contributed by atoms with Crippen LogP contribution in [-0.4, -0.2) is 6.69 Å². The summed E-state index contributed by atoms with van der Waals surface area (Å²) in [6, 6.07) is 0. The molecule has 78 valence electrons. The summed E-state index contributed by atoms with van der Waals surface area (Å²) in [5, 5.41) is 0.266. The molecule has 0 radical (unpaired) electrons. The minimum Gasteiger partial charge on any atom is -0.145 e. The van der Waals surface area contributed by atoms with Gasteiger partial charge in [-0.05, 0) is 23.4 Å². The molecule has 0 aliphatic heterocycles. The van der Waals surface area contributed by atoms with E-state index in [0.717, 1.165) is 0 Å². The monoisotopic (exact) mass is 238 g/mol. The first kappa shape index (κ1) is 11.9. The molecule has 1 aliphatic carbocycles. The van der Waals surface area contributed by atoms with E-state index in [2.05, 4.69) is 20.8 Å². The van der Waals surface area contributed by atoms with Crippen LogP contribution in [0.2, 0.25) is 10.6 Å². The Bertz CT molecular complexity index is 172. The molecule has 1 fully saturated rings. The molecule has 0 aromatic carbocycles. The molecule has 0 atom stereocenters. The van der Waals surface area contributed by atoms with Crippen molar-refractivity contribution >= 4 is 28.9 Å². The van der Waals surface area contributed by atoms with Gasteiger partial charge in [-0.2, -0.15) is 0 Å². The second-order valence-corrected chi connectivity index (χ2v) is 12.7. The molecule has 0 heterocycles. The van der Waals surface area contributed by atoms with Gasteiger partial charge in [-0.25, -0.2) is 0 Å². The Morgan fingerprint density at radius 1 is 1.08 bits per heavy atom. The van der Waals surface area contributed by atoms with Crippen molar-refractivity contribution in [3.05, 3.63) is 0 Å². The Labute approximate surface area is 92.4 Å². The fourth-order valence-electron chi connectivity index (χ4n) is 2.36. The van der Waals surface area contributed by atoms with Gasteiger partial charge in [-0.3, -0.25) is 0 Å². The van der Waals surface area contributed by atoms with Crippen LogP contribution in [0, 0.1) is 0 Å². The van der Waals surface area contributed by atoms with Crippen molar-refractivity contribution < 1.29 is 0 Å². The van der Waals surface area contributed by atoms with Crippen molar-refractivity contribution in [1.29, 1.82) is 0 Å². The Balaban J connectivity index is 2.76. The molecule has 3 heteroatoms. The van der Waals surface area contributed by atoms with E-state index in [-0.39, 0.29) is 5.04 Å². The predicted octanol–water partition coefficient (Wildman–Crippen LogP) is 5.04. The topological polar surface area (TPSA) is 0 Å². The summed E-state index contributed by atoms with van der Waals surface area (Å²) in [5.74, 6) is 0. The van der Waals surface area contributed by atoms with Crippen LogP contribution in [0.5, 0.6) is 0 Å². The second-order valence-electron chi connectivity index (χ2n) is 4.90. The van der Waals surface area contributed by atoms with Gasteiger partial charge in [0, 0.05) is 0 Å². The van der Waals surface area contributed by atoms with Gasteiger partial charge in [0.2, 0.25) is 0 Å². The molecule has 0 spiro atoms. The third-order valence-electron chi connectivity index (χ3n) is 3.49. The van der Waals surface area contributed by atoms with Gasteiger partial charge < -0.3 is 0 Å². The van der Waals surface area contributed by atoms with Crippen molar-refractivity contribution in [2.24, 2.45) is 0 Å². The van der Waals surface area contributed by atoms with Crippen molar-refractivity contribution in [1.82, 2.24) is 0 Å². The van der Waals surface area contributed by atoms with Crippen molar-refractivity contribution in [3.63, 3.8) is 0 Å². The highest BCUT2D eigenvalue weighted by atomic mass is 35.7. The normalized spacial score (nSPS) is 23.5. The largest absolute Gasteiger partial charge is 0.259 e. The van der Waals surface area contributed by atoms with Crippen LogP contribution in [0.25, 0.3) is 0 Å². The first-order valence-corrected chi connectivity index (χ1v) is 9.38. The van der Waals surface area contributed by atoms with E-state index in [9.17, 15) is 0 Å². The van der Waals surface area contributed by atoms with Gasteiger partial charge >= 0.3 is 0 Å². The molecule has 1 saturated carbocycles. The second kappa shape index (κ2) is 4.12. The van der Waals surface area contributed by atoms with Crippen LogP contribution < -0.4 is 0 Å². The van der Waals surface area contributed by atoms with Crippen molar-refractivity contribution in [2.45, 2.75) is 63.5 Å². The Morgan fingerprint density at radius 3 is 1.92 bits per heavy atom. The molecule has 0 aromatic heterocycles. The zero-order chi connectivity index (χ0) is 10.1. The molecule has 0 N–H and O–H groups in total. The molecule has 0 nitrogen and oxygen atoms in total. The fraction of sp³-hybridized carbons (Fsp3) is 1.00. The third-order valence-corrected chi connectivity index (χ3v) is 12.4. The maximum atomic E-state index is 6.60. The standard InChI is InChI=1S/C10H20Cl2Si/c1-9(2)13(11,12)10(3)7-5-4-6-8-10/h9H,4-8H2,1-3H3. The maximum absolute atomic E-state index is 6.60. The predicted molar refractivity (Wildman–Crippen MR) is 64.0 cm³/mol. The van der Waals surface area contributed by atoms with E-state index in [1.807, 2.05) is 0 Å². The van der Waals surface area contributed by atoms with Crippen molar-refractivity contribution in [2.75, 3.05) is 0 Å². The van der Waals surface area contributed by atoms with E-state index in [4.69, 9.17) is 22.2 Å². The zero-order valence-electron chi connectivity index (χ0n) is 8.87. The lowest BCUT2D eigenvalue weighted by molar-refractivity contribution is 0.392. The first-order valence-electron chi connectivity index (χ1n) is 5.28. The van der Waals surface area contributed by atoms with E-state index in [0.29, 0.717) is 5.54 Å². The Morgan fingerprint density at radius 2 is 1.54 bits per heavy atom. The molecule has 1 rings (SSSR count). The average molecular weight is 239 g/mol. The lowest BCUT2D eigenvalue weighted by atomic mass is 9.90. The SMILES string of the molecule is CC(C)[Si](Cl)(Cl)C1(C)CCCCC1. The molecule has 1 aliphatic rings. The number of hydrogen-bond donors (Lipinski definition) is 0. The number of rotatable bonds is 2. The minimum absolute atomic E-state index is 0.266. The van der Waals surface area contributed by atoms with Gasteiger partial charge in [-0.15, -0.1) is 22.2 Å². The van der Waals surface area contributed by atoms with Crippen LogP contribution in [0.15, 0.2) is 0 Å². The number of hydrogen-bond acceptors (Lipinski definition) is 0. The molecule has 0 unspecified atom stereocenters. The van der Waals surface area contributed by atoms with Crippen molar-refractivity contribution in [3.8, 4) is 0 Å². The summed E-state index contributed by atoms with van der Waals surface area (Å²) in [4.78, 5) is 0. The average Bonchev–Trinajstić information content (AvgIpc) is 2.05. The van der Waals surface area contributed by atoms with Gasteiger partial charge in [0.25, 0.3) is 6.69 Å². The van der Waals surface area contributed by atoms with Crippen LogP contribution >= 0.6 is 22.2 Å². The molecular formula is C10H20Cl2Si. The lowest BCUT2D eigenvalue weighted by Gasteiger charge is -2.43. The minimum atomic E-state index is -2.06. The van der Waals surface area contributed by atoms with Gasteiger partial charge in [0.05, 0.1) is 0 Å². The van der Waals surface area contributed by atoms with Gasteiger partial charge in [-0.1, -0.05) is 40.0 Å². The zero-order valence-corrected chi connectivity index (χ0v) is 11.4. The summed E-state index contributed by atoms with van der Waals surface area (Å²) in [7, 11) is 0.